The van der Waals surface area contributed by atoms with Crippen LogP contribution in [0.1, 0.15) is 24.3 Å². The highest BCUT2D eigenvalue weighted by molar-refractivity contribution is 7.13. The molecule has 1 amide bonds. The second-order valence-corrected chi connectivity index (χ2v) is 5.41. The predicted octanol–water partition coefficient (Wildman–Crippen LogP) is 2.32. The van der Waals surface area contributed by atoms with Crippen LogP contribution in [0.3, 0.4) is 0 Å². The number of nitrogens with one attached hydrogen (secondary N) is 1. The molecule has 1 aromatic heterocycles. The molecular weight excluding hydrogens is 288 g/mol. The van der Waals surface area contributed by atoms with Gasteiger partial charge in [-0.2, -0.15) is 0 Å². The maximum Gasteiger partial charge on any atom is 0.270 e. The predicted molar refractivity (Wildman–Crippen MR) is 82.7 cm³/mol. The van der Waals surface area contributed by atoms with Crippen molar-refractivity contribution >= 4 is 17.2 Å². The van der Waals surface area contributed by atoms with Gasteiger partial charge in [0.2, 0.25) is 0 Å². The molecule has 0 fully saturated rings. The zero-order chi connectivity index (χ0) is 15.2. The smallest absolute Gasteiger partial charge is 0.270 e. The van der Waals surface area contributed by atoms with E-state index in [9.17, 15) is 4.79 Å². The third-order valence-electron chi connectivity index (χ3n) is 2.71. The molecular formula is C15H18N2O3S. The zero-order valence-electron chi connectivity index (χ0n) is 12.0. The van der Waals surface area contributed by atoms with E-state index in [2.05, 4.69) is 10.3 Å². The van der Waals surface area contributed by atoms with Crippen molar-refractivity contribution in [3.63, 3.8) is 0 Å². The molecule has 112 valence electrons. The number of thiazole rings is 1. The largest absolute Gasteiger partial charge is 0.494 e. The minimum Gasteiger partial charge on any atom is -0.494 e. The molecule has 1 heterocycles. The average Bonchev–Trinajstić information content (AvgIpc) is 2.96. The summed E-state index contributed by atoms with van der Waals surface area (Å²) >= 11 is 1.41. The number of aliphatic hydroxyl groups is 1. The number of aromatic nitrogens is 1. The van der Waals surface area contributed by atoms with Crippen molar-refractivity contribution < 1.29 is 14.6 Å². The Morgan fingerprint density at radius 1 is 1.43 bits per heavy atom. The van der Waals surface area contributed by atoms with Gasteiger partial charge in [0.15, 0.2) is 0 Å². The highest BCUT2D eigenvalue weighted by Crippen LogP contribution is 2.25. The summed E-state index contributed by atoms with van der Waals surface area (Å²) in [5, 5.41) is 14.3. The van der Waals surface area contributed by atoms with E-state index in [0.29, 0.717) is 12.3 Å². The lowest BCUT2D eigenvalue weighted by molar-refractivity contribution is 0.0920. The Morgan fingerprint density at radius 3 is 2.76 bits per heavy atom. The summed E-state index contributed by atoms with van der Waals surface area (Å²) in [6.45, 7) is 4.40. The number of benzene rings is 1. The summed E-state index contributed by atoms with van der Waals surface area (Å²) in [6, 6.07) is 7.60. The minimum absolute atomic E-state index is 0.217. The fourth-order valence-electron chi connectivity index (χ4n) is 1.70. The maximum absolute atomic E-state index is 11.8. The van der Waals surface area contributed by atoms with E-state index in [4.69, 9.17) is 9.84 Å². The van der Waals surface area contributed by atoms with Gasteiger partial charge in [-0.1, -0.05) is 0 Å². The molecule has 0 aliphatic rings. The third-order valence-corrected chi connectivity index (χ3v) is 3.60. The number of rotatable bonds is 6. The van der Waals surface area contributed by atoms with Gasteiger partial charge in [-0.15, -0.1) is 11.3 Å². The molecule has 0 aliphatic carbocycles. The fraction of sp³-hybridized carbons (Fsp3) is 0.333. The number of hydrogen-bond donors (Lipinski definition) is 2. The highest BCUT2D eigenvalue weighted by Gasteiger charge is 2.12. The molecule has 1 aromatic carbocycles. The molecule has 0 aliphatic heterocycles. The van der Waals surface area contributed by atoms with Gasteiger partial charge >= 0.3 is 0 Å². The molecule has 2 rings (SSSR count). The third kappa shape index (κ3) is 4.27. The molecule has 2 N–H and O–H groups in total. The van der Waals surface area contributed by atoms with Crippen molar-refractivity contribution in [1.29, 1.82) is 0 Å². The van der Waals surface area contributed by atoms with E-state index >= 15 is 0 Å². The van der Waals surface area contributed by atoms with Crippen LogP contribution in [0, 0.1) is 0 Å². The number of hydrogen-bond acceptors (Lipinski definition) is 5. The van der Waals surface area contributed by atoms with Gasteiger partial charge in [-0.05, 0) is 38.1 Å². The van der Waals surface area contributed by atoms with E-state index in [-0.39, 0.29) is 12.5 Å². The lowest BCUT2D eigenvalue weighted by atomic mass is 10.2. The standard InChI is InChI=1S/C15H18N2O3S/c1-3-20-12-6-4-11(5-7-12)15-17-13(9-21-15)14(19)16-8-10(2)18/h4-7,9-10,18H,3,8H2,1-2H3,(H,16,19). The van der Waals surface area contributed by atoms with Gasteiger partial charge in [0.25, 0.3) is 5.91 Å². The van der Waals surface area contributed by atoms with Crippen molar-refractivity contribution in [3.05, 3.63) is 35.3 Å². The Morgan fingerprint density at radius 2 is 2.14 bits per heavy atom. The topological polar surface area (TPSA) is 71.5 Å². The molecule has 1 atom stereocenters. The average molecular weight is 306 g/mol. The van der Waals surface area contributed by atoms with E-state index in [0.717, 1.165) is 16.3 Å². The number of nitrogens with zero attached hydrogens (tertiary/aromatic N) is 1. The Balaban J connectivity index is 2.06. The summed E-state index contributed by atoms with van der Waals surface area (Å²) < 4.78 is 5.39. The summed E-state index contributed by atoms with van der Waals surface area (Å²) in [7, 11) is 0. The van der Waals surface area contributed by atoms with Crippen molar-refractivity contribution in [2.45, 2.75) is 20.0 Å². The lowest BCUT2D eigenvalue weighted by Gasteiger charge is -2.04. The van der Waals surface area contributed by atoms with Crippen molar-refractivity contribution in [2.75, 3.05) is 13.2 Å². The number of amides is 1. The summed E-state index contributed by atoms with van der Waals surface area (Å²) in [6.07, 6.45) is -0.571. The van der Waals surface area contributed by atoms with E-state index in [1.54, 1.807) is 12.3 Å². The van der Waals surface area contributed by atoms with Crippen LogP contribution in [0.25, 0.3) is 10.6 Å². The first-order valence-corrected chi connectivity index (χ1v) is 7.63. The molecule has 5 nitrogen and oxygen atoms in total. The van der Waals surface area contributed by atoms with E-state index in [1.807, 2.05) is 31.2 Å². The molecule has 6 heteroatoms. The number of aliphatic hydroxyl groups excluding tert-OH is 1. The van der Waals surface area contributed by atoms with Gasteiger partial charge in [0, 0.05) is 17.5 Å². The second kappa shape index (κ2) is 7.19. The van der Waals surface area contributed by atoms with Gasteiger partial charge in [-0.25, -0.2) is 4.98 Å². The van der Waals surface area contributed by atoms with E-state index in [1.165, 1.54) is 11.3 Å². The van der Waals surface area contributed by atoms with Crippen LogP contribution in [0.15, 0.2) is 29.6 Å². The molecule has 21 heavy (non-hydrogen) atoms. The van der Waals surface area contributed by atoms with Crippen molar-refractivity contribution in [2.24, 2.45) is 0 Å². The highest BCUT2D eigenvalue weighted by atomic mass is 32.1. The molecule has 2 aromatic rings. The van der Waals surface area contributed by atoms with Crippen LogP contribution in [-0.4, -0.2) is 35.3 Å². The van der Waals surface area contributed by atoms with Gasteiger partial charge in [0.1, 0.15) is 16.5 Å². The normalized spacial score (nSPS) is 12.0. The molecule has 0 saturated carbocycles. The molecule has 0 radical (unpaired) electrons. The summed E-state index contributed by atoms with van der Waals surface area (Å²) in [5.74, 6) is 0.539. The first kappa shape index (κ1) is 15.5. The van der Waals surface area contributed by atoms with E-state index < -0.39 is 6.10 Å². The van der Waals surface area contributed by atoms with Crippen LogP contribution in [0.4, 0.5) is 0 Å². The van der Waals surface area contributed by atoms with Crippen molar-refractivity contribution in [1.82, 2.24) is 10.3 Å². The van der Waals surface area contributed by atoms with Crippen LogP contribution >= 0.6 is 11.3 Å². The fourth-order valence-corrected chi connectivity index (χ4v) is 2.51. The maximum atomic E-state index is 11.8. The minimum atomic E-state index is -0.571. The van der Waals surface area contributed by atoms with Crippen molar-refractivity contribution in [3.8, 4) is 16.3 Å². The Bertz CT molecular complexity index is 593. The number of carbonyl (C=O) groups is 1. The molecule has 0 saturated heterocycles. The van der Waals surface area contributed by atoms with Gasteiger partial charge in [-0.3, -0.25) is 4.79 Å². The lowest BCUT2D eigenvalue weighted by Crippen LogP contribution is -2.30. The van der Waals surface area contributed by atoms with Crippen LogP contribution in [-0.2, 0) is 0 Å². The monoisotopic (exact) mass is 306 g/mol. The van der Waals surface area contributed by atoms with Crippen LogP contribution in [0.2, 0.25) is 0 Å². The molecule has 1 unspecified atom stereocenters. The quantitative estimate of drug-likeness (QED) is 0.859. The summed E-state index contributed by atoms with van der Waals surface area (Å²) in [4.78, 5) is 16.2. The summed E-state index contributed by atoms with van der Waals surface area (Å²) in [5.41, 5.74) is 1.31. The Kier molecular flexibility index (Phi) is 5.30. The SMILES string of the molecule is CCOc1ccc(-c2nc(C(=O)NCC(C)O)cs2)cc1. The van der Waals surface area contributed by atoms with Gasteiger partial charge < -0.3 is 15.2 Å². The first-order valence-electron chi connectivity index (χ1n) is 6.75. The van der Waals surface area contributed by atoms with Gasteiger partial charge in [0.05, 0.1) is 12.7 Å². The molecule has 0 spiro atoms. The Labute approximate surface area is 127 Å². The first-order chi connectivity index (χ1) is 10.1. The zero-order valence-corrected chi connectivity index (χ0v) is 12.8. The Hall–Kier alpha value is -1.92. The van der Waals surface area contributed by atoms with Crippen LogP contribution < -0.4 is 10.1 Å². The number of ether oxygens (including phenoxy) is 1. The number of carbonyl (C=O) groups excluding carboxylic acids is 1. The molecule has 0 bridgehead atoms. The second-order valence-electron chi connectivity index (χ2n) is 4.55. The van der Waals surface area contributed by atoms with Crippen LogP contribution in [0.5, 0.6) is 5.75 Å².